The molecule has 6 heteroatoms. The minimum absolute atomic E-state index is 0.0980. The molecular formula is C21H23N2O4+. The number of methoxy groups -OCH3 is 2. The molecule has 0 bridgehead atoms. The summed E-state index contributed by atoms with van der Waals surface area (Å²) in [5.41, 5.74) is 1.64. The van der Waals surface area contributed by atoms with Crippen LogP contribution in [0.25, 0.3) is 0 Å². The van der Waals surface area contributed by atoms with Crippen LogP contribution in [0.1, 0.15) is 17.4 Å². The van der Waals surface area contributed by atoms with Gasteiger partial charge in [0, 0.05) is 11.6 Å². The number of nitrogens with two attached hydrogens (primary N) is 1. The van der Waals surface area contributed by atoms with Crippen molar-refractivity contribution in [3.63, 3.8) is 0 Å². The quantitative estimate of drug-likeness (QED) is 0.642. The summed E-state index contributed by atoms with van der Waals surface area (Å²) in [5.74, 6) is 1.88. The molecule has 1 atom stereocenters. The summed E-state index contributed by atoms with van der Waals surface area (Å²) in [6.07, 6.45) is 1.64. The Labute approximate surface area is 158 Å². The number of carbonyl (C=O) groups is 1. The Morgan fingerprint density at radius 2 is 1.89 bits per heavy atom. The van der Waals surface area contributed by atoms with Crippen LogP contribution < -0.4 is 20.1 Å². The zero-order valence-electron chi connectivity index (χ0n) is 15.3. The van der Waals surface area contributed by atoms with E-state index >= 15 is 0 Å². The molecule has 0 aliphatic heterocycles. The third-order valence-corrected chi connectivity index (χ3v) is 4.23. The standard InChI is InChI=1S/C21H22N2O4/c1-25-16-10-11-18(26-2)17(13-16)23-20(24)14-22-21(19-9-6-12-27-19)15-7-4-3-5-8-15/h3-13,21-22H,14H2,1-2H3,(H,23,24)/p+1/t21-/m0/s1. The summed E-state index contributed by atoms with van der Waals surface area (Å²) in [6.45, 7) is 0.223. The largest absolute Gasteiger partial charge is 0.497 e. The average Bonchev–Trinajstić information content (AvgIpc) is 3.23. The maximum absolute atomic E-state index is 12.5. The van der Waals surface area contributed by atoms with E-state index in [4.69, 9.17) is 13.9 Å². The Kier molecular flexibility index (Phi) is 6.12. The molecule has 1 aromatic heterocycles. The van der Waals surface area contributed by atoms with Crippen molar-refractivity contribution in [2.75, 3.05) is 26.1 Å². The molecule has 1 amide bonds. The summed E-state index contributed by atoms with van der Waals surface area (Å²) in [5, 5.41) is 4.82. The fraction of sp³-hybridized carbons (Fsp3) is 0.190. The number of hydrogen-bond donors (Lipinski definition) is 2. The number of rotatable bonds is 8. The van der Waals surface area contributed by atoms with Crippen molar-refractivity contribution in [1.82, 2.24) is 0 Å². The topological polar surface area (TPSA) is 77.3 Å². The van der Waals surface area contributed by atoms with Gasteiger partial charge in [0.15, 0.2) is 18.3 Å². The SMILES string of the molecule is COc1ccc(OC)c(NC(=O)C[NH2+][C@@H](c2ccccc2)c2ccco2)c1. The van der Waals surface area contributed by atoms with Crippen LogP contribution in [0, 0.1) is 0 Å². The van der Waals surface area contributed by atoms with Gasteiger partial charge >= 0.3 is 0 Å². The fourth-order valence-corrected chi connectivity index (χ4v) is 2.88. The van der Waals surface area contributed by atoms with Crippen LogP contribution in [-0.4, -0.2) is 26.7 Å². The monoisotopic (exact) mass is 367 g/mol. The van der Waals surface area contributed by atoms with E-state index in [1.165, 1.54) is 0 Å². The molecule has 3 N–H and O–H groups in total. The lowest BCUT2D eigenvalue weighted by molar-refractivity contribution is -0.678. The number of furan rings is 1. The smallest absolute Gasteiger partial charge is 0.279 e. The van der Waals surface area contributed by atoms with Crippen LogP contribution in [0.2, 0.25) is 0 Å². The van der Waals surface area contributed by atoms with Crippen molar-refractivity contribution in [2.24, 2.45) is 0 Å². The van der Waals surface area contributed by atoms with Gasteiger partial charge < -0.3 is 24.5 Å². The van der Waals surface area contributed by atoms with Gasteiger partial charge in [-0.25, -0.2) is 0 Å². The Morgan fingerprint density at radius 1 is 1.07 bits per heavy atom. The van der Waals surface area contributed by atoms with Crippen LogP contribution in [0.15, 0.2) is 71.3 Å². The van der Waals surface area contributed by atoms with Gasteiger partial charge in [-0.2, -0.15) is 0 Å². The van der Waals surface area contributed by atoms with E-state index < -0.39 is 0 Å². The summed E-state index contributed by atoms with van der Waals surface area (Å²) >= 11 is 0. The molecule has 0 radical (unpaired) electrons. The highest BCUT2D eigenvalue weighted by molar-refractivity contribution is 5.93. The van der Waals surface area contributed by atoms with Crippen molar-refractivity contribution >= 4 is 11.6 Å². The molecule has 0 fully saturated rings. The maximum atomic E-state index is 12.5. The van der Waals surface area contributed by atoms with E-state index in [9.17, 15) is 4.79 Å². The molecule has 1 heterocycles. The number of anilines is 1. The minimum atomic E-state index is -0.144. The first-order chi connectivity index (χ1) is 13.2. The second kappa shape index (κ2) is 8.91. The van der Waals surface area contributed by atoms with E-state index in [-0.39, 0.29) is 18.5 Å². The molecule has 0 saturated heterocycles. The summed E-state index contributed by atoms with van der Waals surface area (Å²) in [6, 6.07) is 18.9. The van der Waals surface area contributed by atoms with Crippen molar-refractivity contribution in [3.05, 3.63) is 78.3 Å². The van der Waals surface area contributed by atoms with Crippen LogP contribution in [0.4, 0.5) is 5.69 Å². The van der Waals surface area contributed by atoms with E-state index in [1.807, 2.05) is 47.8 Å². The number of ether oxygens (including phenoxy) is 2. The Hall–Kier alpha value is -3.25. The first-order valence-corrected chi connectivity index (χ1v) is 8.65. The molecule has 2 aromatic carbocycles. The highest BCUT2D eigenvalue weighted by atomic mass is 16.5. The molecular weight excluding hydrogens is 344 g/mol. The van der Waals surface area contributed by atoms with E-state index in [0.717, 1.165) is 11.3 Å². The van der Waals surface area contributed by atoms with Gasteiger partial charge in [-0.05, 0) is 24.3 Å². The number of quaternary nitrogens is 1. The summed E-state index contributed by atoms with van der Waals surface area (Å²) in [7, 11) is 3.14. The van der Waals surface area contributed by atoms with Gasteiger partial charge in [0.1, 0.15) is 11.5 Å². The highest BCUT2D eigenvalue weighted by Gasteiger charge is 2.21. The summed E-state index contributed by atoms with van der Waals surface area (Å²) < 4.78 is 16.1. The zero-order chi connectivity index (χ0) is 19.1. The normalized spacial score (nSPS) is 11.6. The van der Waals surface area contributed by atoms with Gasteiger partial charge in [-0.3, -0.25) is 4.79 Å². The number of amides is 1. The lowest BCUT2D eigenvalue weighted by Crippen LogP contribution is -2.87. The Morgan fingerprint density at radius 3 is 2.56 bits per heavy atom. The first kappa shape index (κ1) is 18.5. The van der Waals surface area contributed by atoms with Gasteiger partial charge in [0.25, 0.3) is 5.91 Å². The van der Waals surface area contributed by atoms with Gasteiger partial charge in [0.2, 0.25) is 0 Å². The Balaban J connectivity index is 1.70. The minimum Gasteiger partial charge on any atom is -0.497 e. The molecule has 0 spiro atoms. The molecule has 6 nitrogen and oxygen atoms in total. The van der Waals surface area contributed by atoms with E-state index in [1.54, 1.807) is 38.7 Å². The number of nitrogens with one attached hydrogen (secondary N) is 1. The number of benzene rings is 2. The molecule has 27 heavy (non-hydrogen) atoms. The molecule has 0 aliphatic carbocycles. The van der Waals surface area contributed by atoms with Crippen molar-refractivity contribution < 1.29 is 24.0 Å². The predicted octanol–water partition coefficient (Wildman–Crippen LogP) is 2.59. The van der Waals surface area contributed by atoms with Crippen molar-refractivity contribution in [2.45, 2.75) is 6.04 Å². The van der Waals surface area contributed by atoms with Crippen molar-refractivity contribution in [1.29, 1.82) is 0 Å². The van der Waals surface area contributed by atoms with E-state index in [2.05, 4.69) is 5.32 Å². The molecule has 0 unspecified atom stereocenters. The maximum Gasteiger partial charge on any atom is 0.279 e. The molecule has 0 saturated carbocycles. The third-order valence-electron chi connectivity index (χ3n) is 4.23. The van der Waals surface area contributed by atoms with Crippen molar-refractivity contribution in [3.8, 4) is 11.5 Å². The molecule has 140 valence electrons. The second-order valence-corrected chi connectivity index (χ2v) is 5.96. The van der Waals surface area contributed by atoms with E-state index in [0.29, 0.717) is 17.2 Å². The Bertz CT molecular complexity index is 863. The molecule has 3 aromatic rings. The zero-order valence-corrected chi connectivity index (χ0v) is 15.3. The third kappa shape index (κ3) is 4.68. The van der Waals surface area contributed by atoms with Gasteiger partial charge in [-0.1, -0.05) is 30.3 Å². The van der Waals surface area contributed by atoms with Crippen LogP contribution >= 0.6 is 0 Å². The van der Waals surface area contributed by atoms with Crippen LogP contribution in [0.5, 0.6) is 11.5 Å². The van der Waals surface area contributed by atoms with Gasteiger partial charge in [0.05, 0.1) is 26.2 Å². The molecule has 0 aliphatic rings. The summed E-state index contributed by atoms with van der Waals surface area (Å²) in [4.78, 5) is 12.5. The first-order valence-electron chi connectivity index (χ1n) is 8.65. The average molecular weight is 367 g/mol. The second-order valence-electron chi connectivity index (χ2n) is 5.96. The van der Waals surface area contributed by atoms with Gasteiger partial charge in [-0.15, -0.1) is 0 Å². The predicted molar refractivity (Wildman–Crippen MR) is 102 cm³/mol. The number of carbonyl (C=O) groups excluding carboxylic acids is 1. The lowest BCUT2D eigenvalue weighted by Gasteiger charge is -2.15. The lowest BCUT2D eigenvalue weighted by atomic mass is 10.0. The highest BCUT2D eigenvalue weighted by Crippen LogP contribution is 2.28. The molecule has 3 rings (SSSR count). The van der Waals surface area contributed by atoms with Crippen LogP contribution in [0.3, 0.4) is 0 Å². The number of hydrogen-bond acceptors (Lipinski definition) is 4. The fourth-order valence-electron chi connectivity index (χ4n) is 2.88. The van der Waals surface area contributed by atoms with Crippen LogP contribution in [-0.2, 0) is 4.79 Å².